The van der Waals surface area contributed by atoms with Crippen LogP contribution >= 0.6 is 11.8 Å². The smallest absolute Gasteiger partial charge is 0.258 e. The van der Waals surface area contributed by atoms with Crippen molar-refractivity contribution in [3.05, 3.63) is 54.1 Å². The molecule has 0 saturated heterocycles. The monoisotopic (exact) mass is 458 g/mol. The fraction of sp³-hybridized carbons (Fsp3) is 0.440. The molecule has 32 heavy (non-hydrogen) atoms. The minimum absolute atomic E-state index is 0.0136. The van der Waals surface area contributed by atoms with E-state index in [0.717, 1.165) is 12.8 Å². The summed E-state index contributed by atoms with van der Waals surface area (Å²) in [6, 6.07) is 14.7. The molecule has 0 saturated carbocycles. The molecule has 0 spiro atoms. The summed E-state index contributed by atoms with van der Waals surface area (Å²) in [6.07, 6.45) is 4.54. The van der Waals surface area contributed by atoms with E-state index in [0.29, 0.717) is 18.7 Å². The topological polar surface area (TPSA) is 78.9 Å². The number of benzene rings is 2. The van der Waals surface area contributed by atoms with Crippen molar-refractivity contribution in [2.75, 3.05) is 19.4 Å². The van der Waals surface area contributed by atoms with Gasteiger partial charge in [0.25, 0.3) is 5.91 Å². The predicted octanol–water partition coefficient (Wildman–Crippen LogP) is 4.26. The number of hydrogen-bond donors (Lipinski definition) is 2. The molecule has 0 aromatic heterocycles. The number of aryl methyl sites for hydroxylation is 1. The third kappa shape index (κ3) is 8.83. The molecule has 0 radical (unpaired) electrons. The number of thioether (sulfide) groups is 1. The minimum atomic E-state index is -0.221. The number of ether oxygens (including phenoxy) is 1. The van der Waals surface area contributed by atoms with Gasteiger partial charge in [-0.2, -0.15) is 0 Å². The van der Waals surface area contributed by atoms with E-state index in [2.05, 4.69) is 35.8 Å². The van der Waals surface area contributed by atoms with Gasteiger partial charge in [-0.15, -0.1) is 11.8 Å². The molecular formula is C25H34N2O4S. The Kier molecular flexibility index (Phi) is 10.4. The summed E-state index contributed by atoms with van der Waals surface area (Å²) in [5.74, 6) is 0.489. The number of carbonyl (C=O) groups is 2. The highest BCUT2D eigenvalue weighted by Gasteiger charge is 2.20. The van der Waals surface area contributed by atoms with E-state index in [1.165, 1.54) is 22.6 Å². The summed E-state index contributed by atoms with van der Waals surface area (Å²) < 4.78 is 5.43. The summed E-state index contributed by atoms with van der Waals surface area (Å²) in [4.78, 5) is 27.5. The molecule has 0 heterocycles. The van der Waals surface area contributed by atoms with Crippen molar-refractivity contribution in [3.63, 3.8) is 0 Å². The van der Waals surface area contributed by atoms with E-state index >= 15 is 0 Å². The summed E-state index contributed by atoms with van der Waals surface area (Å²) in [6.45, 7) is 6.13. The molecule has 0 bridgehead atoms. The zero-order valence-corrected chi connectivity index (χ0v) is 20.2. The van der Waals surface area contributed by atoms with E-state index in [1.807, 2.05) is 18.7 Å². The number of nitrogens with zero attached hydrogens (tertiary/aromatic N) is 1. The van der Waals surface area contributed by atoms with Gasteiger partial charge < -0.3 is 20.1 Å². The average Bonchev–Trinajstić information content (AvgIpc) is 2.76. The second-order valence-electron chi connectivity index (χ2n) is 8.00. The normalized spacial score (nSPS) is 12.6. The molecule has 2 rings (SSSR count). The van der Waals surface area contributed by atoms with Gasteiger partial charge in [0.15, 0.2) is 6.61 Å². The second kappa shape index (κ2) is 13.0. The van der Waals surface area contributed by atoms with Gasteiger partial charge in [0.2, 0.25) is 5.91 Å². The molecule has 2 unspecified atom stereocenters. The Bertz CT molecular complexity index is 855. The summed E-state index contributed by atoms with van der Waals surface area (Å²) >= 11 is 1.73. The molecular weight excluding hydrogens is 424 g/mol. The minimum Gasteiger partial charge on any atom is -0.508 e. The number of aromatic hydroxyl groups is 1. The molecule has 7 heteroatoms. The Balaban J connectivity index is 1.76. The van der Waals surface area contributed by atoms with Crippen molar-refractivity contribution >= 4 is 23.6 Å². The molecule has 2 aromatic carbocycles. The lowest BCUT2D eigenvalue weighted by molar-refractivity contribution is -0.131. The molecule has 174 valence electrons. The summed E-state index contributed by atoms with van der Waals surface area (Å²) in [5, 5.41) is 12.2. The number of amides is 2. The lowest BCUT2D eigenvalue weighted by atomic mass is 10.1. The Morgan fingerprint density at radius 3 is 2.34 bits per heavy atom. The fourth-order valence-corrected chi connectivity index (χ4v) is 4.05. The first kappa shape index (κ1) is 25.6. The molecule has 2 N–H and O–H groups in total. The van der Waals surface area contributed by atoms with Crippen LogP contribution in [0.1, 0.15) is 39.2 Å². The van der Waals surface area contributed by atoms with Crippen molar-refractivity contribution in [1.82, 2.24) is 10.2 Å². The Morgan fingerprint density at radius 1 is 1.09 bits per heavy atom. The first-order valence-electron chi connectivity index (χ1n) is 10.9. The number of carbonyl (C=O) groups excluding carboxylic acids is 2. The second-order valence-corrected chi connectivity index (χ2v) is 8.88. The van der Waals surface area contributed by atoms with E-state index < -0.39 is 0 Å². The summed E-state index contributed by atoms with van der Waals surface area (Å²) in [7, 11) is 0. The highest BCUT2D eigenvalue weighted by atomic mass is 32.2. The average molecular weight is 459 g/mol. The van der Waals surface area contributed by atoms with Gasteiger partial charge in [-0.05, 0) is 81.3 Å². The molecule has 0 aliphatic rings. The number of phenols is 1. The standard InChI is InChI=1S/C25H34N2O4S/c1-18(26-25(30)17-31-23-11-9-22(29)10-12-23)16-19(2)27(20(3)28)15-5-6-21-7-13-24(32-4)14-8-21/h7-14,18-19,29H,5-6,15-17H2,1-4H3,(H,26,30). The maximum Gasteiger partial charge on any atom is 0.258 e. The van der Waals surface area contributed by atoms with Crippen molar-refractivity contribution in [2.45, 2.75) is 57.0 Å². The molecule has 2 amide bonds. The van der Waals surface area contributed by atoms with Gasteiger partial charge in [0.05, 0.1) is 0 Å². The first-order valence-corrected chi connectivity index (χ1v) is 12.1. The summed E-state index contributed by atoms with van der Waals surface area (Å²) in [5.41, 5.74) is 1.27. The van der Waals surface area contributed by atoms with E-state index in [1.54, 1.807) is 30.8 Å². The van der Waals surface area contributed by atoms with Crippen LogP contribution in [0.3, 0.4) is 0 Å². The third-order valence-corrected chi connectivity index (χ3v) is 6.01. The zero-order valence-electron chi connectivity index (χ0n) is 19.3. The van der Waals surface area contributed by atoms with Gasteiger partial charge >= 0.3 is 0 Å². The highest BCUT2D eigenvalue weighted by Crippen LogP contribution is 2.17. The molecule has 0 aliphatic heterocycles. The quantitative estimate of drug-likeness (QED) is 0.465. The van der Waals surface area contributed by atoms with Crippen molar-refractivity contribution in [3.8, 4) is 11.5 Å². The lowest BCUT2D eigenvalue weighted by Gasteiger charge is -2.30. The number of rotatable bonds is 12. The van der Waals surface area contributed by atoms with Gasteiger partial charge in [-0.1, -0.05) is 12.1 Å². The maximum atomic E-state index is 12.2. The Labute approximate surface area is 195 Å². The van der Waals surface area contributed by atoms with Crippen LogP contribution in [0.25, 0.3) is 0 Å². The van der Waals surface area contributed by atoms with Gasteiger partial charge in [0.1, 0.15) is 11.5 Å². The van der Waals surface area contributed by atoms with Crippen LogP contribution in [-0.2, 0) is 16.0 Å². The van der Waals surface area contributed by atoms with Crippen molar-refractivity contribution in [2.24, 2.45) is 0 Å². The molecule has 2 aromatic rings. The molecule has 6 nitrogen and oxygen atoms in total. The largest absolute Gasteiger partial charge is 0.508 e. The van der Waals surface area contributed by atoms with Crippen LogP contribution in [0, 0.1) is 0 Å². The number of hydrogen-bond acceptors (Lipinski definition) is 5. The van der Waals surface area contributed by atoms with Crippen LogP contribution < -0.4 is 10.1 Å². The Hall–Kier alpha value is -2.67. The zero-order chi connectivity index (χ0) is 23.5. The maximum absolute atomic E-state index is 12.2. The van der Waals surface area contributed by atoms with Gasteiger partial charge in [0, 0.05) is 30.4 Å². The number of phenolic OH excluding ortho intramolecular Hbond substituents is 1. The third-order valence-electron chi connectivity index (χ3n) is 5.27. The lowest BCUT2D eigenvalue weighted by Crippen LogP contribution is -2.44. The van der Waals surface area contributed by atoms with Gasteiger partial charge in [-0.25, -0.2) is 0 Å². The SMILES string of the molecule is CSc1ccc(CCCN(C(C)=O)C(C)CC(C)NC(=O)COc2ccc(O)cc2)cc1. The van der Waals surface area contributed by atoms with Crippen LogP contribution in [0.4, 0.5) is 0 Å². The van der Waals surface area contributed by atoms with Crippen LogP contribution in [0.15, 0.2) is 53.4 Å². The van der Waals surface area contributed by atoms with Crippen molar-refractivity contribution < 1.29 is 19.4 Å². The van der Waals surface area contributed by atoms with E-state index in [9.17, 15) is 14.7 Å². The van der Waals surface area contributed by atoms with Crippen LogP contribution in [-0.4, -0.2) is 53.3 Å². The Morgan fingerprint density at radius 2 is 1.75 bits per heavy atom. The predicted molar refractivity (Wildman–Crippen MR) is 129 cm³/mol. The molecule has 2 atom stereocenters. The molecule has 0 fully saturated rings. The number of nitrogens with one attached hydrogen (secondary N) is 1. The first-order chi connectivity index (χ1) is 15.3. The van der Waals surface area contributed by atoms with E-state index in [-0.39, 0.29) is 36.3 Å². The van der Waals surface area contributed by atoms with Crippen LogP contribution in [0.2, 0.25) is 0 Å². The van der Waals surface area contributed by atoms with Crippen LogP contribution in [0.5, 0.6) is 11.5 Å². The molecule has 0 aliphatic carbocycles. The van der Waals surface area contributed by atoms with Crippen molar-refractivity contribution in [1.29, 1.82) is 0 Å². The van der Waals surface area contributed by atoms with E-state index in [4.69, 9.17) is 4.74 Å². The fourth-order valence-electron chi connectivity index (χ4n) is 3.64. The highest BCUT2D eigenvalue weighted by molar-refractivity contribution is 7.98. The van der Waals surface area contributed by atoms with Gasteiger partial charge in [-0.3, -0.25) is 9.59 Å².